The van der Waals surface area contributed by atoms with Gasteiger partial charge in [-0.2, -0.15) is 0 Å². The van der Waals surface area contributed by atoms with Crippen molar-refractivity contribution in [1.82, 2.24) is 4.98 Å². The molecule has 0 saturated carbocycles. The van der Waals surface area contributed by atoms with Gasteiger partial charge in [-0.15, -0.1) is 0 Å². The molecule has 0 aliphatic rings. The van der Waals surface area contributed by atoms with Crippen LogP contribution >= 0.6 is 11.6 Å². The molecular weight excluding hydrogens is 280 g/mol. The van der Waals surface area contributed by atoms with Gasteiger partial charge in [-0.25, -0.2) is 4.79 Å². The van der Waals surface area contributed by atoms with Crippen LogP contribution in [0.2, 0.25) is 5.02 Å². The lowest BCUT2D eigenvalue weighted by atomic mass is 10.1. The van der Waals surface area contributed by atoms with Crippen LogP contribution < -0.4 is 10.1 Å². The molecule has 1 heterocycles. The van der Waals surface area contributed by atoms with E-state index in [1.807, 2.05) is 6.92 Å². The van der Waals surface area contributed by atoms with Crippen molar-refractivity contribution in [3.63, 3.8) is 0 Å². The molecule has 0 saturated heterocycles. The molecule has 0 atom stereocenters. The third-order valence-corrected chi connectivity index (χ3v) is 3.21. The topological polar surface area (TPSA) is 71.5 Å². The summed E-state index contributed by atoms with van der Waals surface area (Å²) < 4.78 is 5.24. The summed E-state index contributed by atoms with van der Waals surface area (Å²) >= 11 is 6.04. The largest absolute Gasteiger partial charge is 0.495 e. The number of anilines is 2. The van der Waals surface area contributed by atoms with E-state index in [-0.39, 0.29) is 5.56 Å². The van der Waals surface area contributed by atoms with Crippen molar-refractivity contribution in [1.29, 1.82) is 0 Å². The molecule has 5 nitrogen and oxygen atoms in total. The Bertz CT molecular complexity index is 659. The van der Waals surface area contributed by atoms with E-state index in [4.69, 9.17) is 21.4 Å². The lowest BCUT2D eigenvalue weighted by Gasteiger charge is -2.14. The van der Waals surface area contributed by atoms with Gasteiger partial charge in [0.2, 0.25) is 0 Å². The molecule has 0 fully saturated rings. The van der Waals surface area contributed by atoms with Gasteiger partial charge in [0.25, 0.3) is 0 Å². The van der Waals surface area contributed by atoms with Crippen molar-refractivity contribution in [2.45, 2.75) is 6.92 Å². The first kappa shape index (κ1) is 14.1. The average Bonchev–Trinajstić information content (AvgIpc) is 2.43. The Hall–Kier alpha value is -2.27. The number of aromatic carboxylic acids is 1. The number of pyridine rings is 1. The summed E-state index contributed by atoms with van der Waals surface area (Å²) in [4.78, 5) is 15.0. The molecule has 0 spiro atoms. The highest BCUT2D eigenvalue weighted by Gasteiger charge is 2.13. The zero-order valence-electron chi connectivity index (χ0n) is 11.0. The Morgan fingerprint density at radius 1 is 1.40 bits per heavy atom. The van der Waals surface area contributed by atoms with Gasteiger partial charge in [0, 0.05) is 23.5 Å². The normalized spacial score (nSPS) is 10.2. The summed E-state index contributed by atoms with van der Waals surface area (Å²) in [5.41, 5.74) is 2.03. The third-order valence-electron chi connectivity index (χ3n) is 2.80. The van der Waals surface area contributed by atoms with Crippen LogP contribution in [0.1, 0.15) is 15.9 Å². The maximum atomic E-state index is 11.2. The van der Waals surface area contributed by atoms with Crippen molar-refractivity contribution in [2.75, 3.05) is 12.4 Å². The standard InChI is InChI=1S/C14H13ClN2O3/c1-8-5-12(13(20-2)6-10(8)15)17-11-3-4-16-7-9(11)14(18)19/h3-7H,1-2H3,(H,16,17)(H,18,19). The number of rotatable bonds is 4. The minimum atomic E-state index is -1.05. The number of methoxy groups -OCH3 is 1. The van der Waals surface area contributed by atoms with Crippen LogP contribution in [0.3, 0.4) is 0 Å². The number of benzene rings is 1. The van der Waals surface area contributed by atoms with Crippen LogP contribution in [0, 0.1) is 6.92 Å². The van der Waals surface area contributed by atoms with E-state index in [1.54, 1.807) is 18.2 Å². The SMILES string of the molecule is COc1cc(Cl)c(C)cc1Nc1ccncc1C(=O)O. The summed E-state index contributed by atoms with van der Waals surface area (Å²) in [5.74, 6) is -0.515. The van der Waals surface area contributed by atoms with Crippen molar-refractivity contribution >= 4 is 28.9 Å². The molecule has 2 N–H and O–H groups in total. The van der Waals surface area contributed by atoms with Crippen molar-refractivity contribution in [3.8, 4) is 5.75 Å². The second-order valence-corrected chi connectivity index (χ2v) is 4.56. The second-order valence-electron chi connectivity index (χ2n) is 4.15. The summed E-state index contributed by atoms with van der Waals surface area (Å²) in [6.07, 6.45) is 2.81. The van der Waals surface area contributed by atoms with Gasteiger partial charge < -0.3 is 15.2 Å². The molecule has 1 aromatic carbocycles. The Balaban J connectivity index is 2.45. The monoisotopic (exact) mass is 292 g/mol. The first-order valence-corrected chi connectivity index (χ1v) is 6.19. The molecule has 104 valence electrons. The number of aromatic nitrogens is 1. The minimum absolute atomic E-state index is 0.0853. The molecule has 2 rings (SSSR count). The van der Waals surface area contributed by atoms with Crippen LogP contribution in [0.4, 0.5) is 11.4 Å². The third kappa shape index (κ3) is 2.83. The Morgan fingerprint density at radius 2 is 2.15 bits per heavy atom. The summed E-state index contributed by atoms with van der Waals surface area (Å²) in [6, 6.07) is 5.07. The highest BCUT2D eigenvalue weighted by molar-refractivity contribution is 6.31. The number of carbonyl (C=O) groups is 1. The fourth-order valence-corrected chi connectivity index (χ4v) is 1.90. The number of nitrogens with one attached hydrogen (secondary N) is 1. The number of carboxylic acid groups (broad SMARTS) is 1. The van der Waals surface area contributed by atoms with Gasteiger partial charge in [0.1, 0.15) is 11.3 Å². The van der Waals surface area contributed by atoms with Crippen molar-refractivity contribution in [3.05, 3.63) is 46.7 Å². The van der Waals surface area contributed by atoms with E-state index in [0.717, 1.165) is 5.56 Å². The molecule has 0 aliphatic heterocycles. The predicted molar refractivity (Wildman–Crippen MR) is 77.2 cm³/mol. The molecule has 6 heteroatoms. The van der Waals surface area contributed by atoms with Crippen LogP contribution in [0.5, 0.6) is 5.75 Å². The number of halogens is 1. The lowest BCUT2D eigenvalue weighted by Crippen LogP contribution is -2.04. The second kappa shape index (κ2) is 5.79. The van der Waals surface area contributed by atoms with Gasteiger partial charge >= 0.3 is 5.97 Å². The van der Waals surface area contributed by atoms with Gasteiger partial charge in [-0.05, 0) is 24.6 Å². The zero-order valence-corrected chi connectivity index (χ0v) is 11.7. The number of hydrogen-bond acceptors (Lipinski definition) is 4. The van der Waals surface area contributed by atoms with Gasteiger partial charge in [-0.1, -0.05) is 11.6 Å². The number of nitrogens with zero attached hydrogens (tertiary/aromatic N) is 1. The predicted octanol–water partition coefficient (Wildman–Crippen LogP) is 3.49. The first-order chi connectivity index (χ1) is 9.52. The Kier molecular flexibility index (Phi) is 4.10. The molecular formula is C14H13ClN2O3. The zero-order chi connectivity index (χ0) is 14.7. The van der Waals surface area contributed by atoms with E-state index in [2.05, 4.69) is 10.3 Å². The van der Waals surface area contributed by atoms with Crippen LogP contribution in [-0.2, 0) is 0 Å². The van der Waals surface area contributed by atoms with Crippen molar-refractivity contribution in [2.24, 2.45) is 0 Å². The number of ether oxygens (including phenoxy) is 1. The number of hydrogen-bond donors (Lipinski definition) is 2. The van der Waals surface area contributed by atoms with Gasteiger partial charge in [-0.3, -0.25) is 4.98 Å². The molecule has 2 aromatic rings. The van der Waals surface area contributed by atoms with E-state index in [1.165, 1.54) is 19.5 Å². The highest BCUT2D eigenvalue weighted by Crippen LogP contribution is 2.33. The quantitative estimate of drug-likeness (QED) is 0.902. The first-order valence-electron chi connectivity index (χ1n) is 5.81. The molecule has 20 heavy (non-hydrogen) atoms. The maximum Gasteiger partial charge on any atom is 0.339 e. The molecule has 0 amide bonds. The van der Waals surface area contributed by atoms with E-state index in [0.29, 0.717) is 22.1 Å². The Morgan fingerprint density at radius 3 is 2.80 bits per heavy atom. The van der Waals surface area contributed by atoms with Gasteiger partial charge in [0.05, 0.1) is 18.5 Å². The fourth-order valence-electron chi connectivity index (χ4n) is 1.75. The smallest absolute Gasteiger partial charge is 0.339 e. The van der Waals surface area contributed by atoms with Crippen molar-refractivity contribution < 1.29 is 14.6 Å². The minimum Gasteiger partial charge on any atom is -0.495 e. The molecule has 1 aromatic heterocycles. The van der Waals surface area contributed by atoms with Crippen LogP contribution in [-0.4, -0.2) is 23.2 Å². The fraction of sp³-hybridized carbons (Fsp3) is 0.143. The lowest BCUT2D eigenvalue weighted by molar-refractivity contribution is 0.0697. The highest BCUT2D eigenvalue weighted by atomic mass is 35.5. The summed E-state index contributed by atoms with van der Waals surface area (Å²) in [5, 5.41) is 12.8. The molecule has 0 aliphatic carbocycles. The molecule has 0 bridgehead atoms. The van der Waals surface area contributed by atoms with E-state index in [9.17, 15) is 4.79 Å². The van der Waals surface area contributed by atoms with E-state index < -0.39 is 5.97 Å². The van der Waals surface area contributed by atoms with Gasteiger partial charge in [0.15, 0.2) is 0 Å². The molecule has 0 radical (unpaired) electrons. The summed E-state index contributed by atoms with van der Waals surface area (Å²) in [7, 11) is 1.52. The number of carboxylic acids is 1. The van der Waals surface area contributed by atoms with Crippen LogP contribution in [0.25, 0.3) is 0 Å². The molecule has 0 unspecified atom stereocenters. The summed E-state index contributed by atoms with van der Waals surface area (Å²) in [6.45, 7) is 1.86. The Labute approximate surface area is 121 Å². The van der Waals surface area contributed by atoms with E-state index >= 15 is 0 Å². The maximum absolute atomic E-state index is 11.2. The van der Waals surface area contributed by atoms with Crippen LogP contribution in [0.15, 0.2) is 30.6 Å². The average molecular weight is 293 g/mol. The number of aryl methyl sites for hydroxylation is 1.